The molecule has 82 valence electrons. The third-order valence-corrected chi connectivity index (χ3v) is 3.25. The highest BCUT2D eigenvalue weighted by molar-refractivity contribution is 5.35. The predicted octanol–water partition coefficient (Wildman–Crippen LogP) is 3.12. The number of hydrogen-bond acceptors (Lipinski definition) is 2. The van der Waals surface area contributed by atoms with Crippen molar-refractivity contribution >= 4 is 0 Å². The van der Waals surface area contributed by atoms with E-state index in [1.165, 1.54) is 11.1 Å². The van der Waals surface area contributed by atoms with Crippen LogP contribution in [0.4, 0.5) is 0 Å². The molecule has 0 aliphatic carbocycles. The van der Waals surface area contributed by atoms with Gasteiger partial charge in [-0.15, -0.1) is 0 Å². The molecule has 0 fully saturated rings. The highest BCUT2D eigenvalue weighted by Gasteiger charge is 2.36. The van der Waals surface area contributed by atoms with Gasteiger partial charge in [-0.1, -0.05) is 24.3 Å². The van der Waals surface area contributed by atoms with Crippen molar-refractivity contribution < 1.29 is 4.74 Å². The topological polar surface area (TPSA) is 12.5 Å². The van der Waals surface area contributed by atoms with Crippen LogP contribution < -0.4 is 0 Å². The second-order valence-electron chi connectivity index (χ2n) is 4.43. The van der Waals surface area contributed by atoms with Gasteiger partial charge in [-0.25, -0.2) is 0 Å². The molecule has 1 aromatic carbocycles. The smallest absolute Gasteiger partial charge is 0.137 e. The normalized spacial score (nSPS) is 25.9. The maximum atomic E-state index is 5.61. The van der Waals surface area contributed by atoms with Gasteiger partial charge in [0.05, 0.1) is 0 Å². The Bertz CT molecular complexity index is 348. The Balaban J connectivity index is 2.44. The minimum absolute atomic E-state index is 0.121. The van der Waals surface area contributed by atoms with Crippen LogP contribution in [-0.2, 0) is 4.74 Å². The van der Waals surface area contributed by atoms with Crippen LogP contribution >= 0.6 is 0 Å². The van der Waals surface area contributed by atoms with Crippen molar-refractivity contribution in [2.75, 3.05) is 7.11 Å². The predicted molar refractivity (Wildman–Crippen MR) is 61.6 cm³/mol. The summed E-state index contributed by atoms with van der Waals surface area (Å²) in [6.45, 7) is 6.68. The van der Waals surface area contributed by atoms with Gasteiger partial charge in [-0.2, -0.15) is 0 Å². The van der Waals surface area contributed by atoms with Crippen molar-refractivity contribution in [3.05, 3.63) is 35.4 Å². The van der Waals surface area contributed by atoms with Crippen LogP contribution in [0.1, 0.15) is 44.2 Å². The van der Waals surface area contributed by atoms with Gasteiger partial charge in [0, 0.05) is 24.8 Å². The zero-order valence-electron chi connectivity index (χ0n) is 9.90. The van der Waals surface area contributed by atoms with E-state index in [1.54, 1.807) is 7.11 Å². The summed E-state index contributed by atoms with van der Waals surface area (Å²) in [6, 6.07) is 9.51. The van der Waals surface area contributed by atoms with Crippen LogP contribution in [0.15, 0.2) is 24.3 Å². The van der Waals surface area contributed by atoms with Crippen LogP contribution in [0.2, 0.25) is 0 Å². The van der Waals surface area contributed by atoms with Crippen molar-refractivity contribution in [3.8, 4) is 0 Å². The zero-order chi connectivity index (χ0) is 11.0. The van der Waals surface area contributed by atoms with Gasteiger partial charge in [0.15, 0.2) is 0 Å². The highest BCUT2D eigenvalue weighted by Crippen LogP contribution is 2.42. The molecule has 1 aromatic rings. The SMILES string of the molecule is COC1c2ccccc2C(C)N1C(C)C. The summed E-state index contributed by atoms with van der Waals surface area (Å²) >= 11 is 0. The van der Waals surface area contributed by atoms with E-state index in [1.807, 2.05) is 0 Å². The van der Waals surface area contributed by atoms with E-state index in [9.17, 15) is 0 Å². The first-order valence-electron chi connectivity index (χ1n) is 5.56. The highest BCUT2D eigenvalue weighted by atomic mass is 16.5. The van der Waals surface area contributed by atoms with Crippen LogP contribution in [0, 0.1) is 0 Å². The van der Waals surface area contributed by atoms with E-state index in [4.69, 9.17) is 4.74 Å². The van der Waals surface area contributed by atoms with Crippen molar-refractivity contribution in [1.29, 1.82) is 0 Å². The Morgan fingerprint density at radius 1 is 1.20 bits per heavy atom. The molecule has 2 rings (SSSR count). The molecule has 0 radical (unpaired) electrons. The average Bonchev–Trinajstić information content (AvgIpc) is 2.52. The largest absolute Gasteiger partial charge is 0.362 e. The molecular weight excluding hydrogens is 186 g/mol. The fraction of sp³-hybridized carbons (Fsp3) is 0.538. The van der Waals surface area contributed by atoms with E-state index in [0.29, 0.717) is 12.1 Å². The molecule has 2 heteroatoms. The van der Waals surface area contributed by atoms with Crippen molar-refractivity contribution in [2.45, 2.75) is 39.1 Å². The van der Waals surface area contributed by atoms with Crippen LogP contribution in [0.25, 0.3) is 0 Å². The summed E-state index contributed by atoms with van der Waals surface area (Å²) in [5, 5.41) is 0. The summed E-state index contributed by atoms with van der Waals surface area (Å²) in [4.78, 5) is 2.41. The van der Waals surface area contributed by atoms with Gasteiger partial charge >= 0.3 is 0 Å². The molecule has 0 saturated heterocycles. The lowest BCUT2D eigenvalue weighted by atomic mass is 10.1. The number of hydrogen-bond donors (Lipinski definition) is 0. The molecule has 0 spiro atoms. The lowest BCUT2D eigenvalue weighted by Crippen LogP contribution is -2.32. The summed E-state index contributed by atoms with van der Waals surface area (Å²) < 4.78 is 5.61. The third kappa shape index (κ3) is 1.58. The Labute approximate surface area is 91.9 Å². The van der Waals surface area contributed by atoms with Crippen LogP contribution in [0.5, 0.6) is 0 Å². The summed E-state index contributed by atoms with van der Waals surface area (Å²) in [7, 11) is 1.79. The van der Waals surface area contributed by atoms with Crippen LogP contribution in [0.3, 0.4) is 0 Å². The lowest BCUT2D eigenvalue weighted by molar-refractivity contribution is -0.0559. The number of fused-ring (bicyclic) bond motifs is 1. The first-order valence-corrected chi connectivity index (χ1v) is 5.56. The number of methoxy groups -OCH3 is 1. The van der Waals surface area contributed by atoms with E-state index in [2.05, 4.69) is 49.9 Å². The maximum Gasteiger partial charge on any atom is 0.137 e. The minimum atomic E-state index is 0.121. The van der Waals surface area contributed by atoms with E-state index < -0.39 is 0 Å². The summed E-state index contributed by atoms with van der Waals surface area (Å²) in [5.74, 6) is 0. The molecule has 0 saturated carbocycles. The first-order chi connectivity index (χ1) is 7.16. The maximum absolute atomic E-state index is 5.61. The Morgan fingerprint density at radius 2 is 1.80 bits per heavy atom. The lowest BCUT2D eigenvalue weighted by Gasteiger charge is -2.31. The Kier molecular flexibility index (Phi) is 2.81. The third-order valence-electron chi connectivity index (χ3n) is 3.25. The molecule has 2 atom stereocenters. The fourth-order valence-electron chi connectivity index (χ4n) is 2.61. The molecule has 15 heavy (non-hydrogen) atoms. The number of nitrogens with zero attached hydrogens (tertiary/aromatic N) is 1. The summed E-state index contributed by atoms with van der Waals surface area (Å²) in [6.07, 6.45) is 0.121. The molecule has 0 bridgehead atoms. The van der Waals surface area contributed by atoms with Crippen molar-refractivity contribution in [2.24, 2.45) is 0 Å². The molecular formula is C13H19NO. The molecule has 1 aliphatic heterocycles. The molecule has 1 aliphatic rings. The standard InChI is InChI=1S/C13H19NO/c1-9(2)14-10(3)11-7-5-6-8-12(11)13(14)15-4/h5-10,13H,1-4H3. The Hall–Kier alpha value is -0.860. The molecule has 1 heterocycles. The van der Waals surface area contributed by atoms with Gasteiger partial charge in [0.25, 0.3) is 0 Å². The molecule has 0 N–H and O–H groups in total. The van der Waals surface area contributed by atoms with Gasteiger partial charge in [0.1, 0.15) is 6.23 Å². The first kappa shape index (κ1) is 10.7. The van der Waals surface area contributed by atoms with Gasteiger partial charge < -0.3 is 4.74 Å². The van der Waals surface area contributed by atoms with Gasteiger partial charge in [-0.3, -0.25) is 4.90 Å². The van der Waals surface area contributed by atoms with Gasteiger partial charge in [0.2, 0.25) is 0 Å². The molecule has 2 unspecified atom stereocenters. The zero-order valence-corrected chi connectivity index (χ0v) is 9.90. The quantitative estimate of drug-likeness (QED) is 0.735. The Morgan fingerprint density at radius 3 is 2.33 bits per heavy atom. The number of rotatable bonds is 2. The monoisotopic (exact) mass is 205 g/mol. The molecule has 0 aromatic heterocycles. The summed E-state index contributed by atoms with van der Waals surface area (Å²) in [5.41, 5.74) is 2.72. The average molecular weight is 205 g/mol. The van der Waals surface area contributed by atoms with E-state index >= 15 is 0 Å². The van der Waals surface area contributed by atoms with Crippen molar-refractivity contribution in [1.82, 2.24) is 4.90 Å². The van der Waals surface area contributed by atoms with E-state index in [-0.39, 0.29) is 6.23 Å². The second-order valence-corrected chi connectivity index (χ2v) is 4.43. The molecule has 0 amide bonds. The fourth-order valence-corrected chi connectivity index (χ4v) is 2.61. The minimum Gasteiger partial charge on any atom is -0.362 e. The van der Waals surface area contributed by atoms with Crippen LogP contribution in [-0.4, -0.2) is 18.1 Å². The molecule has 2 nitrogen and oxygen atoms in total. The van der Waals surface area contributed by atoms with E-state index in [0.717, 1.165) is 0 Å². The second kappa shape index (κ2) is 3.95. The van der Waals surface area contributed by atoms with Gasteiger partial charge in [-0.05, 0) is 26.3 Å². The number of ether oxygens (including phenoxy) is 1. The van der Waals surface area contributed by atoms with Crippen molar-refractivity contribution in [3.63, 3.8) is 0 Å². The number of benzene rings is 1.